The van der Waals surface area contributed by atoms with Gasteiger partial charge in [-0.05, 0) is 44.0 Å². The van der Waals surface area contributed by atoms with Crippen LogP contribution in [0.4, 0.5) is 0 Å². The second-order valence-electron chi connectivity index (χ2n) is 4.69. The lowest BCUT2D eigenvalue weighted by Gasteiger charge is -2.19. The molecule has 0 radical (unpaired) electrons. The Balaban J connectivity index is 2.10. The number of benzene rings is 1. The molecule has 0 aliphatic heterocycles. The van der Waals surface area contributed by atoms with Gasteiger partial charge in [0.25, 0.3) is 0 Å². The van der Waals surface area contributed by atoms with E-state index in [9.17, 15) is 5.11 Å². The third kappa shape index (κ3) is 3.37. The van der Waals surface area contributed by atoms with Crippen molar-refractivity contribution in [3.8, 4) is 5.75 Å². The summed E-state index contributed by atoms with van der Waals surface area (Å²) in [6.07, 6.45) is 2.37. The van der Waals surface area contributed by atoms with Gasteiger partial charge in [0.05, 0.1) is 6.10 Å². The van der Waals surface area contributed by atoms with Crippen LogP contribution in [-0.4, -0.2) is 23.9 Å². The van der Waals surface area contributed by atoms with Crippen LogP contribution in [0, 0.1) is 0 Å². The second kappa shape index (κ2) is 6.41. The van der Waals surface area contributed by atoms with E-state index < -0.39 is 0 Å². The fraction of sp³-hybridized carbons (Fsp3) is 0.571. The van der Waals surface area contributed by atoms with Gasteiger partial charge >= 0.3 is 0 Å². The van der Waals surface area contributed by atoms with Crippen molar-refractivity contribution >= 4 is 11.6 Å². The van der Waals surface area contributed by atoms with Crippen LogP contribution < -0.4 is 10.1 Å². The Kier molecular flexibility index (Phi) is 4.87. The van der Waals surface area contributed by atoms with Crippen molar-refractivity contribution in [2.45, 2.75) is 44.9 Å². The summed E-state index contributed by atoms with van der Waals surface area (Å²) < 4.78 is 5.92. The highest BCUT2D eigenvalue weighted by Gasteiger charge is 2.27. The minimum absolute atomic E-state index is 0.0773. The van der Waals surface area contributed by atoms with Gasteiger partial charge in [0.15, 0.2) is 0 Å². The lowest BCUT2D eigenvalue weighted by Crippen LogP contribution is -2.26. The molecule has 2 unspecified atom stereocenters. The van der Waals surface area contributed by atoms with Crippen LogP contribution in [0.5, 0.6) is 5.75 Å². The van der Waals surface area contributed by atoms with E-state index >= 15 is 0 Å². The third-order valence-corrected chi connectivity index (χ3v) is 3.52. The highest BCUT2D eigenvalue weighted by Crippen LogP contribution is 2.28. The van der Waals surface area contributed by atoms with Crippen LogP contribution in [0.1, 0.15) is 31.7 Å². The molecule has 2 N–H and O–H groups in total. The average molecular weight is 270 g/mol. The van der Waals surface area contributed by atoms with Crippen LogP contribution in [0.2, 0.25) is 5.02 Å². The van der Waals surface area contributed by atoms with E-state index in [4.69, 9.17) is 16.3 Å². The van der Waals surface area contributed by atoms with Gasteiger partial charge in [-0.15, -0.1) is 0 Å². The van der Waals surface area contributed by atoms with E-state index in [2.05, 4.69) is 12.2 Å². The lowest BCUT2D eigenvalue weighted by atomic mass is 10.2. The molecular formula is C14H20ClNO2. The predicted octanol–water partition coefficient (Wildman–Crippen LogP) is 2.74. The number of ether oxygens (including phenoxy) is 1. The molecule has 1 aliphatic rings. The number of hydrogen-bond acceptors (Lipinski definition) is 3. The molecule has 0 bridgehead atoms. The maximum atomic E-state index is 9.81. The summed E-state index contributed by atoms with van der Waals surface area (Å²) in [7, 11) is 0. The van der Waals surface area contributed by atoms with Crippen molar-refractivity contribution in [2.24, 2.45) is 0 Å². The Morgan fingerprint density at radius 3 is 2.94 bits per heavy atom. The molecule has 0 spiro atoms. The van der Waals surface area contributed by atoms with E-state index in [1.807, 2.05) is 18.2 Å². The first kappa shape index (κ1) is 13.7. The average Bonchev–Trinajstić information content (AvgIpc) is 2.75. The molecule has 2 atom stereocenters. The normalized spacial score (nSPS) is 23.3. The summed E-state index contributed by atoms with van der Waals surface area (Å²) in [5.41, 5.74) is 1.04. The predicted molar refractivity (Wildman–Crippen MR) is 73.1 cm³/mol. The van der Waals surface area contributed by atoms with E-state index in [-0.39, 0.29) is 12.2 Å². The monoisotopic (exact) mass is 269 g/mol. The summed E-state index contributed by atoms with van der Waals surface area (Å²) in [5, 5.41) is 13.8. The molecule has 1 aromatic carbocycles. The molecule has 1 saturated carbocycles. The van der Waals surface area contributed by atoms with Crippen molar-refractivity contribution < 1.29 is 9.84 Å². The van der Waals surface area contributed by atoms with Gasteiger partial charge in [-0.2, -0.15) is 0 Å². The van der Waals surface area contributed by atoms with E-state index in [0.29, 0.717) is 5.02 Å². The van der Waals surface area contributed by atoms with Crippen molar-refractivity contribution in [1.29, 1.82) is 0 Å². The number of halogens is 1. The molecule has 0 aromatic heterocycles. The Labute approximate surface area is 113 Å². The molecule has 1 aliphatic carbocycles. The van der Waals surface area contributed by atoms with Crippen LogP contribution >= 0.6 is 11.6 Å². The van der Waals surface area contributed by atoms with Crippen molar-refractivity contribution in [2.75, 3.05) is 6.54 Å². The molecule has 3 nitrogen and oxygen atoms in total. The number of nitrogens with one attached hydrogen (secondary N) is 1. The summed E-state index contributed by atoms with van der Waals surface area (Å²) in [4.78, 5) is 0. The molecular weight excluding hydrogens is 250 g/mol. The molecule has 100 valence electrons. The first-order valence-corrected chi connectivity index (χ1v) is 6.92. The first-order valence-electron chi connectivity index (χ1n) is 6.54. The second-order valence-corrected chi connectivity index (χ2v) is 5.12. The highest BCUT2D eigenvalue weighted by atomic mass is 35.5. The maximum absolute atomic E-state index is 9.81. The van der Waals surface area contributed by atoms with Crippen LogP contribution in [0.15, 0.2) is 18.2 Å². The van der Waals surface area contributed by atoms with E-state index in [1.165, 1.54) is 0 Å². The Morgan fingerprint density at radius 1 is 1.44 bits per heavy atom. The fourth-order valence-corrected chi connectivity index (χ4v) is 2.46. The van der Waals surface area contributed by atoms with Crippen molar-refractivity contribution in [3.63, 3.8) is 0 Å². The fourth-order valence-electron chi connectivity index (χ4n) is 2.27. The molecule has 2 rings (SSSR count). The Bertz CT molecular complexity index is 397. The molecule has 18 heavy (non-hydrogen) atoms. The molecule has 0 saturated heterocycles. The Hall–Kier alpha value is -0.770. The maximum Gasteiger partial charge on any atom is 0.124 e. The van der Waals surface area contributed by atoms with E-state index in [1.54, 1.807) is 0 Å². The van der Waals surface area contributed by atoms with Gasteiger partial charge in [0.2, 0.25) is 0 Å². The standard InChI is InChI=1S/C14H20ClNO2/c1-2-16-9-10-8-11(15)6-7-13(10)18-14-5-3-4-12(14)17/h6-8,12,14,16-17H,2-5,9H2,1H3. The SMILES string of the molecule is CCNCc1cc(Cl)ccc1OC1CCCC1O. The zero-order chi connectivity index (χ0) is 13.0. The quantitative estimate of drug-likeness (QED) is 0.864. The van der Waals surface area contributed by atoms with Crippen molar-refractivity contribution in [3.05, 3.63) is 28.8 Å². The van der Waals surface area contributed by atoms with Gasteiger partial charge in [-0.25, -0.2) is 0 Å². The number of hydrogen-bond donors (Lipinski definition) is 2. The van der Waals surface area contributed by atoms with Gasteiger partial charge < -0.3 is 15.2 Å². The summed E-state index contributed by atoms with van der Waals surface area (Å²) in [6.45, 7) is 3.69. The van der Waals surface area contributed by atoms with Gasteiger partial charge in [0, 0.05) is 17.1 Å². The van der Waals surface area contributed by atoms with Crippen LogP contribution in [0.3, 0.4) is 0 Å². The van der Waals surface area contributed by atoms with Crippen LogP contribution in [0.25, 0.3) is 0 Å². The largest absolute Gasteiger partial charge is 0.487 e. The molecule has 1 aromatic rings. The molecule has 0 amide bonds. The van der Waals surface area contributed by atoms with E-state index in [0.717, 1.165) is 43.7 Å². The summed E-state index contributed by atoms with van der Waals surface area (Å²) >= 11 is 6.01. The smallest absolute Gasteiger partial charge is 0.124 e. The zero-order valence-electron chi connectivity index (χ0n) is 10.7. The number of aliphatic hydroxyl groups is 1. The third-order valence-electron chi connectivity index (χ3n) is 3.28. The van der Waals surface area contributed by atoms with Gasteiger partial charge in [0.1, 0.15) is 11.9 Å². The van der Waals surface area contributed by atoms with Crippen molar-refractivity contribution in [1.82, 2.24) is 5.32 Å². The van der Waals surface area contributed by atoms with Gasteiger partial charge in [-0.3, -0.25) is 0 Å². The summed E-state index contributed by atoms with van der Waals surface area (Å²) in [5.74, 6) is 0.825. The molecule has 1 fully saturated rings. The zero-order valence-corrected chi connectivity index (χ0v) is 11.4. The minimum Gasteiger partial charge on any atom is -0.487 e. The highest BCUT2D eigenvalue weighted by molar-refractivity contribution is 6.30. The Morgan fingerprint density at radius 2 is 2.28 bits per heavy atom. The first-order chi connectivity index (χ1) is 8.70. The van der Waals surface area contributed by atoms with Crippen LogP contribution in [-0.2, 0) is 6.54 Å². The summed E-state index contributed by atoms with van der Waals surface area (Å²) in [6, 6.07) is 5.63. The van der Waals surface area contributed by atoms with Gasteiger partial charge in [-0.1, -0.05) is 18.5 Å². The lowest BCUT2D eigenvalue weighted by molar-refractivity contribution is 0.0597. The topological polar surface area (TPSA) is 41.5 Å². The number of rotatable bonds is 5. The number of aliphatic hydroxyl groups excluding tert-OH is 1. The minimum atomic E-state index is -0.340. The molecule has 0 heterocycles. The molecule has 4 heteroatoms.